The molecule has 0 saturated carbocycles. The molecule has 2 aromatic rings. The van der Waals surface area contributed by atoms with E-state index in [9.17, 15) is 0 Å². The maximum atomic E-state index is 9.09. The fourth-order valence-electron chi connectivity index (χ4n) is 1.50. The molecular weight excluding hydrogens is 251 g/mol. The molecule has 17 heavy (non-hydrogen) atoms. The zero-order valence-electron chi connectivity index (χ0n) is 10.1. The largest absolute Gasteiger partial charge is 0.499 e. The normalized spacial score (nSPS) is 11.8. The van der Waals surface area contributed by atoms with E-state index in [-0.39, 0.29) is 5.41 Å². The Hall–Kier alpha value is -0.615. The van der Waals surface area contributed by atoms with Gasteiger partial charge in [-0.3, -0.25) is 0 Å². The summed E-state index contributed by atoms with van der Waals surface area (Å²) in [7, 11) is -1.37. The molecule has 0 fully saturated rings. The predicted molar refractivity (Wildman–Crippen MR) is 76.2 cm³/mol. The van der Waals surface area contributed by atoms with E-state index in [0.717, 1.165) is 4.88 Å². The fourth-order valence-corrected chi connectivity index (χ4v) is 3.53. The van der Waals surface area contributed by atoms with Gasteiger partial charge in [-0.25, -0.2) is 0 Å². The zero-order valence-corrected chi connectivity index (χ0v) is 11.7. The number of thiophene rings is 2. The molecule has 2 aromatic heterocycles. The Morgan fingerprint density at radius 3 is 2.00 bits per heavy atom. The summed E-state index contributed by atoms with van der Waals surface area (Å²) >= 11 is 3.19. The van der Waals surface area contributed by atoms with Gasteiger partial charge in [-0.2, -0.15) is 0 Å². The minimum Gasteiger partial charge on any atom is -0.423 e. The molecule has 0 aliphatic rings. The highest BCUT2D eigenvalue weighted by Gasteiger charge is 2.18. The third-order valence-electron chi connectivity index (χ3n) is 2.47. The Balaban J connectivity index is 2.31. The topological polar surface area (TPSA) is 40.5 Å². The van der Waals surface area contributed by atoms with E-state index >= 15 is 0 Å². The lowest BCUT2D eigenvalue weighted by Crippen LogP contribution is -2.26. The van der Waals surface area contributed by atoms with Gasteiger partial charge in [0.1, 0.15) is 0 Å². The van der Waals surface area contributed by atoms with Crippen LogP contribution >= 0.6 is 22.7 Å². The molecule has 2 rings (SSSR count). The fraction of sp³-hybridized carbons (Fsp3) is 0.333. The summed E-state index contributed by atoms with van der Waals surface area (Å²) in [5, 5.41) is 18.2. The van der Waals surface area contributed by atoms with Gasteiger partial charge < -0.3 is 10.0 Å². The third kappa shape index (κ3) is 2.80. The molecule has 0 aliphatic heterocycles. The lowest BCUT2D eigenvalue weighted by Gasteiger charge is -2.15. The van der Waals surface area contributed by atoms with Crippen LogP contribution in [-0.4, -0.2) is 17.2 Å². The second-order valence-corrected chi connectivity index (χ2v) is 7.19. The second-order valence-electron chi connectivity index (χ2n) is 4.99. The van der Waals surface area contributed by atoms with E-state index in [1.54, 1.807) is 17.4 Å². The van der Waals surface area contributed by atoms with Crippen molar-refractivity contribution in [2.45, 2.75) is 26.2 Å². The number of hydrogen-bond donors (Lipinski definition) is 2. The van der Waals surface area contributed by atoms with Crippen LogP contribution in [0.5, 0.6) is 0 Å². The molecule has 5 heteroatoms. The molecule has 0 radical (unpaired) electrons. The number of rotatable bonds is 2. The molecule has 0 spiro atoms. The van der Waals surface area contributed by atoms with Crippen molar-refractivity contribution in [3.8, 4) is 9.75 Å². The Labute approximate surface area is 110 Å². The van der Waals surface area contributed by atoms with E-state index < -0.39 is 7.12 Å². The van der Waals surface area contributed by atoms with Crippen LogP contribution in [0.15, 0.2) is 24.3 Å². The summed E-state index contributed by atoms with van der Waals surface area (Å²) in [6.45, 7) is 6.58. The van der Waals surface area contributed by atoms with Crippen LogP contribution in [-0.2, 0) is 5.41 Å². The van der Waals surface area contributed by atoms with Crippen molar-refractivity contribution in [2.75, 3.05) is 0 Å². The molecule has 0 unspecified atom stereocenters. The van der Waals surface area contributed by atoms with Gasteiger partial charge in [0.15, 0.2) is 0 Å². The minimum atomic E-state index is -1.37. The highest BCUT2D eigenvalue weighted by molar-refractivity contribution is 7.27. The molecule has 0 amide bonds. The maximum absolute atomic E-state index is 9.09. The number of hydrogen-bond acceptors (Lipinski definition) is 4. The van der Waals surface area contributed by atoms with Crippen molar-refractivity contribution < 1.29 is 10.0 Å². The van der Waals surface area contributed by atoms with Crippen LogP contribution in [0.4, 0.5) is 0 Å². The Kier molecular flexibility index (Phi) is 3.45. The van der Waals surface area contributed by atoms with E-state index in [2.05, 4.69) is 32.9 Å². The van der Waals surface area contributed by atoms with Gasteiger partial charge in [0.05, 0.1) is 0 Å². The second kappa shape index (κ2) is 4.57. The minimum absolute atomic E-state index is 0.166. The van der Waals surface area contributed by atoms with Crippen molar-refractivity contribution in [2.24, 2.45) is 0 Å². The lowest BCUT2D eigenvalue weighted by molar-refractivity contribution is 0.427. The van der Waals surface area contributed by atoms with Crippen molar-refractivity contribution in [3.05, 3.63) is 29.1 Å². The monoisotopic (exact) mass is 266 g/mol. The van der Waals surface area contributed by atoms with Crippen molar-refractivity contribution in [1.82, 2.24) is 0 Å². The molecular formula is C12H15BO2S2. The van der Waals surface area contributed by atoms with Gasteiger partial charge in [-0.1, -0.05) is 26.8 Å². The zero-order chi connectivity index (χ0) is 12.6. The van der Waals surface area contributed by atoms with Crippen molar-refractivity contribution in [1.29, 1.82) is 0 Å². The van der Waals surface area contributed by atoms with Crippen LogP contribution in [0, 0.1) is 0 Å². The predicted octanol–water partition coefficient (Wildman–Crippen LogP) is 2.45. The first kappa shape index (κ1) is 12.8. The van der Waals surface area contributed by atoms with E-state index in [0.29, 0.717) is 4.78 Å². The first-order chi connectivity index (χ1) is 7.88. The van der Waals surface area contributed by atoms with E-state index in [1.807, 2.05) is 6.07 Å². The van der Waals surface area contributed by atoms with Gasteiger partial charge in [-0.05, 0) is 23.6 Å². The quantitative estimate of drug-likeness (QED) is 0.820. The van der Waals surface area contributed by atoms with Gasteiger partial charge in [0, 0.05) is 19.4 Å². The average molecular weight is 266 g/mol. The Morgan fingerprint density at radius 1 is 0.941 bits per heavy atom. The summed E-state index contributed by atoms with van der Waals surface area (Å²) < 4.78 is 0.589. The van der Waals surface area contributed by atoms with E-state index in [4.69, 9.17) is 10.0 Å². The summed E-state index contributed by atoms with van der Waals surface area (Å²) in [4.78, 5) is 3.62. The van der Waals surface area contributed by atoms with Crippen LogP contribution in [0.3, 0.4) is 0 Å². The molecule has 90 valence electrons. The first-order valence-electron chi connectivity index (χ1n) is 5.44. The highest BCUT2D eigenvalue weighted by Crippen LogP contribution is 2.36. The van der Waals surface area contributed by atoms with Crippen LogP contribution in [0.25, 0.3) is 9.75 Å². The summed E-state index contributed by atoms with van der Waals surface area (Å²) in [5.74, 6) is 0. The van der Waals surface area contributed by atoms with E-state index in [1.165, 1.54) is 21.1 Å². The maximum Gasteiger partial charge on any atom is 0.499 e. The Bertz CT molecular complexity index is 509. The van der Waals surface area contributed by atoms with Crippen molar-refractivity contribution in [3.63, 3.8) is 0 Å². The summed E-state index contributed by atoms with van der Waals surface area (Å²) in [6, 6.07) is 7.96. The molecule has 0 bridgehead atoms. The molecule has 0 atom stereocenters. The molecule has 2 heterocycles. The summed E-state index contributed by atoms with van der Waals surface area (Å²) in [5.41, 5.74) is 0.166. The third-order valence-corrected chi connectivity index (χ3v) is 5.30. The van der Waals surface area contributed by atoms with Gasteiger partial charge in [0.25, 0.3) is 0 Å². The first-order valence-corrected chi connectivity index (χ1v) is 7.08. The Morgan fingerprint density at radius 2 is 1.53 bits per heavy atom. The summed E-state index contributed by atoms with van der Waals surface area (Å²) in [6.07, 6.45) is 0. The standard InChI is InChI=1S/C12H15BO2S2/c1-12(2,3)10-6-4-8(16-10)9-5-7-11(17-9)13(14)15/h4-7,14-15H,1-3H3. The van der Waals surface area contributed by atoms with Gasteiger partial charge in [-0.15, -0.1) is 22.7 Å². The van der Waals surface area contributed by atoms with Gasteiger partial charge >= 0.3 is 7.12 Å². The van der Waals surface area contributed by atoms with Crippen LogP contribution in [0.1, 0.15) is 25.6 Å². The smallest absolute Gasteiger partial charge is 0.423 e. The molecule has 2 N–H and O–H groups in total. The highest BCUT2D eigenvalue weighted by atomic mass is 32.1. The molecule has 0 saturated heterocycles. The molecule has 2 nitrogen and oxygen atoms in total. The lowest BCUT2D eigenvalue weighted by atomic mass is 9.90. The van der Waals surface area contributed by atoms with Crippen molar-refractivity contribution >= 4 is 34.6 Å². The molecule has 0 aliphatic carbocycles. The molecule has 0 aromatic carbocycles. The van der Waals surface area contributed by atoms with Crippen LogP contribution in [0.2, 0.25) is 0 Å². The average Bonchev–Trinajstić information content (AvgIpc) is 2.85. The SMILES string of the molecule is CC(C)(C)c1ccc(-c2ccc(B(O)O)s2)s1. The van der Waals surface area contributed by atoms with Crippen LogP contribution < -0.4 is 4.78 Å². The van der Waals surface area contributed by atoms with Gasteiger partial charge in [0.2, 0.25) is 0 Å².